The van der Waals surface area contributed by atoms with Gasteiger partial charge in [-0.25, -0.2) is 4.79 Å². The second-order valence-electron chi connectivity index (χ2n) is 7.18. The maximum absolute atomic E-state index is 12.5. The monoisotopic (exact) mass is 329 g/mol. The average Bonchev–Trinajstić information content (AvgIpc) is 2.55. The van der Waals surface area contributed by atoms with Crippen LogP contribution < -0.4 is 10.6 Å². The van der Waals surface area contributed by atoms with Crippen LogP contribution >= 0.6 is 0 Å². The summed E-state index contributed by atoms with van der Waals surface area (Å²) in [5.41, 5.74) is 2.19. The van der Waals surface area contributed by atoms with Crippen molar-refractivity contribution in [1.82, 2.24) is 10.2 Å². The van der Waals surface area contributed by atoms with Crippen molar-refractivity contribution in [2.24, 2.45) is 0 Å². The predicted octanol–water partition coefficient (Wildman–Crippen LogP) is 3.82. The molecule has 3 amide bonds. The number of benzene rings is 1. The Kier molecular flexibility index (Phi) is 5.07. The van der Waals surface area contributed by atoms with E-state index in [0.717, 1.165) is 31.4 Å². The van der Waals surface area contributed by atoms with E-state index in [1.54, 1.807) is 0 Å². The summed E-state index contributed by atoms with van der Waals surface area (Å²) in [6.07, 6.45) is 5.25. The zero-order chi connectivity index (χ0) is 17.1. The lowest BCUT2D eigenvalue weighted by Crippen LogP contribution is -2.60. The van der Waals surface area contributed by atoms with Gasteiger partial charge in [-0.05, 0) is 36.5 Å². The zero-order valence-corrected chi connectivity index (χ0v) is 14.5. The van der Waals surface area contributed by atoms with Crippen LogP contribution in [0.5, 0.6) is 0 Å². The van der Waals surface area contributed by atoms with Crippen LogP contribution in [0.4, 0.5) is 10.5 Å². The Labute approximate surface area is 143 Å². The van der Waals surface area contributed by atoms with Gasteiger partial charge in [-0.1, -0.05) is 45.2 Å². The molecule has 1 heterocycles. The van der Waals surface area contributed by atoms with Gasteiger partial charge in [-0.3, -0.25) is 9.69 Å². The third kappa shape index (κ3) is 3.71. The second-order valence-corrected chi connectivity index (χ2v) is 7.18. The van der Waals surface area contributed by atoms with E-state index in [-0.39, 0.29) is 24.1 Å². The minimum atomic E-state index is -0.338. The normalized spacial score (nSPS) is 22.6. The van der Waals surface area contributed by atoms with E-state index in [2.05, 4.69) is 36.6 Å². The average molecular weight is 329 g/mol. The molecule has 130 valence electrons. The van der Waals surface area contributed by atoms with Crippen molar-refractivity contribution in [3.8, 4) is 0 Å². The summed E-state index contributed by atoms with van der Waals surface area (Å²) in [6.45, 7) is 4.31. The second kappa shape index (κ2) is 7.24. The molecule has 1 saturated heterocycles. The topological polar surface area (TPSA) is 61.4 Å². The number of amides is 3. The highest BCUT2D eigenvalue weighted by atomic mass is 16.2. The summed E-state index contributed by atoms with van der Waals surface area (Å²) in [6, 6.07) is 7.98. The molecular weight excluding hydrogens is 302 g/mol. The highest BCUT2D eigenvalue weighted by Gasteiger charge is 2.37. The molecule has 1 aliphatic carbocycles. The lowest BCUT2D eigenvalue weighted by molar-refractivity contribution is -0.132. The van der Waals surface area contributed by atoms with Gasteiger partial charge in [-0.15, -0.1) is 0 Å². The molecule has 0 aromatic heterocycles. The number of carbonyl (C=O) groups excluding carboxylic acids is 2. The van der Waals surface area contributed by atoms with Crippen molar-refractivity contribution in [1.29, 1.82) is 0 Å². The van der Waals surface area contributed by atoms with Gasteiger partial charge in [0.2, 0.25) is 5.91 Å². The zero-order valence-electron chi connectivity index (χ0n) is 14.5. The van der Waals surface area contributed by atoms with E-state index < -0.39 is 0 Å². The van der Waals surface area contributed by atoms with Crippen molar-refractivity contribution in [2.75, 3.05) is 5.32 Å². The molecule has 0 radical (unpaired) electrons. The number of nitrogens with zero attached hydrogens (tertiary/aromatic N) is 1. The summed E-state index contributed by atoms with van der Waals surface area (Å²) >= 11 is 0. The van der Waals surface area contributed by atoms with Gasteiger partial charge >= 0.3 is 6.03 Å². The van der Waals surface area contributed by atoms with Crippen LogP contribution in [0.25, 0.3) is 0 Å². The van der Waals surface area contributed by atoms with E-state index in [9.17, 15) is 9.59 Å². The Balaban J connectivity index is 1.61. The molecule has 1 saturated carbocycles. The molecule has 0 spiro atoms. The standard InChI is InChI=1S/C19H27N3O2/c1-13(2)14-8-10-15(11-9-14)20-17-12-18(23)22(19(24)21-17)16-6-4-3-5-7-16/h8-11,13,16-17,20H,3-7,12H2,1-2H3,(H,21,24). The van der Waals surface area contributed by atoms with Gasteiger partial charge < -0.3 is 10.6 Å². The van der Waals surface area contributed by atoms with Crippen LogP contribution in [0.2, 0.25) is 0 Å². The Morgan fingerprint density at radius 1 is 1.08 bits per heavy atom. The van der Waals surface area contributed by atoms with Crippen LogP contribution in [-0.4, -0.2) is 29.0 Å². The smallest absolute Gasteiger partial charge is 0.325 e. The highest BCUT2D eigenvalue weighted by molar-refractivity contribution is 5.98. The van der Waals surface area contributed by atoms with Crippen LogP contribution in [0, 0.1) is 0 Å². The molecule has 0 bridgehead atoms. The number of anilines is 1. The molecule has 2 aliphatic rings. The third-order valence-corrected chi connectivity index (χ3v) is 5.02. The Bertz CT molecular complexity index is 573. The van der Waals surface area contributed by atoms with Crippen molar-refractivity contribution in [2.45, 2.75) is 70.5 Å². The highest BCUT2D eigenvalue weighted by Crippen LogP contribution is 2.25. The lowest BCUT2D eigenvalue weighted by atomic mass is 9.93. The fourth-order valence-electron chi connectivity index (χ4n) is 3.62. The summed E-state index contributed by atoms with van der Waals surface area (Å²) in [5, 5.41) is 6.19. The SMILES string of the molecule is CC(C)c1ccc(NC2CC(=O)N(C3CCCCC3)C(=O)N2)cc1. The summed E-state index contributed by atoms with van der Waals surface area (Å²) < 4.78 is 0. The first-order valence-electron chi connectivity index (χ1n) is 9.03. The minimum Gasteiger partial charge on any atom is -0.365 e. The molecule has 1 atom stereocenters. The van der Waals surface area contributed by atoms with Crippen LogP contribution in [0.3, 0.4) is 0 Å². The van der Waals surface area contributed by atoms with E-state index in [1.165, 1.54) is 16.9 Å². The maximum atomic E-state index is 12.5. The van der Waals surface area contributed by atoms with Gasteiger partial charge in [0.05, 0.1) is 6.42 Å². The van der Waals surface area contributed by atoms with E-state index in [0.29, 0.717) is 12.3 Å². The van der Waals surface area contributed by atoms with Crippen molar-refractivity contribution < 1.29 is 9.59 Å². The van der Waals surface area contributed by atoms with E-state index in [1.807, 2.05) is 12.1 Å². The van der Waals surface area contributed by atoms with Gasteiger partial charge in [-0.2, -0.15) is 0 Å². The molecule has 1 unspecified atom stereocenters. The molecule has 3 rings (SSSR count). The molecule has 5 nitrogen and oxygen atoms in total. The molecule has 1 aromatic carbocycles. The van der Waals surface area contributed by atoms with E-state index in [4.69, 9.17) is 0 Å². The molecule has 1 aliphatic heterocycles. The van der Waals surface area contributed by atoms with Gasteiger partial charge in [0.15, 0.2) is 0 Å². The summed E-state index contributed by atoms with van der Waals surface area (Å²) in [4.78, 5) is 26.3. The first-order chi connectivity index (χ1) is 11.5. The molecule has 5 heteroatoms. The summed E-state index contributed by atoms with van der Waals surface area (Å²) in [7, 11) is 0. The number of rotatable bonds is 4. The number of hydrogen-bond donors (Lipinski definition) is 2. The predicted molar refractivity (Wildman–Crippen MR) is 94.8 cm³/mol. The molecular formula is C19H27N3O2. The fraction of sp³-hybridized carbons (Fsp3) is 0.579. The fourth-order valence-corrected chi connectivity index (χ4v) is 3.62. The number of hydrogen-bond acceptors (Lipinski definition) is 3. The molecule has 1 aromatic rings. The maximum Gasteiger partial charge on any atom is 0.325 e. The first-order valence-corrected chi connectivity index (χ1v) is 9.03. The summed E-state index contributed by atoms with van der Waals surface area (Å²) in [5.74, 6) is 0.418. The molecule has 24 heavy (non-hydrogen) atoms. The van der Waals surface area contributed by atoms with Crippen LogP contribution in [0.1, 0.15) is 63.9 Å². The lowest BCUT2D eigenvalue weighted by Gasteiger charge is -2.38. The largest absolute Gasteiger partial charge is 0.365 e. The first kappa shape index (κ1) is 16.8. The Hall–Kier alpha value is -2.04. The van der Waals surface area contributed by atoms with Gasteiger partial charge in [0.1, 0.15) is 6.17 Å². The minimum absolute atomic E-state index is 0.0676. The quantitative estimate of drug-likeness (QED) is 0.882. The number of carbonyl (C=O) groups is 2. The van der Waals surface area contributed by atoms with E-state index >= 15 is 0 Å². The molecule has 2 N–H and O–H groups in total. The van der Waals surface area contributed by atoms with Gasteiger partial charge in [0, 0.05) is 11.7 Å². The number of nitrogens with one attached hydrogen (secondary N) is 2. The van der Waals surface area contributed by atoms with Crippen LogP contribution in [-0.2, 0) is 4.79 Å². The Morgan fingerprint density at radius 3 is 2.33 bits per heavy atom. The number of urea groups is 1. The van der Waals surface area contributed by atoms with Crippen LogP contribution in [0.15, 0.2) is 24.3 Å². The third-order valence-electron chi connectivity index (χ3n) is 5.02. The van der Waals surface area contributed by atoms with Crippen molar-refractivity contribution in [3.63, 3.8) is 0 Å². The van der Waals surface area contributed by atoms with Crippen molar-refractivity contribution >= 4 is 17.6 Å². The number of imide groups is 1. The van der Waals surface area contributed by atoms with Crippen molar-refractivity contribution in [3.05, 3.63) is 29.8 Å². The van der Waals surface area contributed by atoms with Gasteiger partial charge in [0.25, 0.3) is 0 Å². The Morgan fingerprint density at radius 2 is 1.75 bits per heavy atom. The molecule has 2 fully saturated rings.